The van der Waals surface area contributed by atoms with E-state index in [1.165, 1.54) is 18.5 Å². The number of aromatic nitrogens is 4. The van der Waals surface area contributed by atoms with Gasteiger partial charge in [0, 0.05) is 21.8 Å². The fourth-order valence-corrected chi connectivity index (χ4v) is 3.89. The van der Waals surface area contributed by atoms with Crippen LogP contribution in [0.5, 0.6) is 0 Å². The van der Waals surface area contributed by atoms with Crippen LogP contribution < -0.4 is 5.32 Å². The highest BCUT2D eigenvalue weighted by atomic mass is 32.2. The molecule has 0 aliphatic rings. The zero-order chi connectivity index (χ0) is 20.4. The Morgan fingerprint density at radius 2 is 1.97 bits per heavy atom. The molecule has 0 bridgehead atoms. The Balaban J connectivity index is 1.47. The van der Waals surface area contributed by atoms with E-state index in [0.717, 1.165) is 21.2 Å². The summed E-state index contributed by atoms with van der Waals surface area (Å²) < 4.78 is 15.0. The van der Waals surface area contributed by atoms with Gasteiger partial charge in [-0.15, -0.1) is 0 Å². The number of carbonyl (C=O) groups is 1. The van der Waals surface area contributed by atoms with Crippen molar-refractivity contribution in [1.82, 2.24) is 19.6 Å². The van der Waals surface area contributed by atoms with Gasteiger partial charge in [-0.05, 0) is 55.8 Å². The molecule has 0 radical (unpaired) electrons. The fourth-order valence-electron chi connectivity index (χ4n) is 2.88. The monoisotopic (exact) mass is 407 g/mol. The third kappa shape index (κ3) is 4.27. The van der Waals surface area contributed by atoms with Crippen molar-refractivity contribution < 1.29 is 9.18 Å². The molecule has 29 heavy (non-hydrogen) atoms. The number of nitrogens with one attached hydrogen (secondary N) is 1. The summed E-state index contributed by atoms with van der Waals surface area (Å²) in [6, 6.07) is 13.6. The van der Waals surface area contributed by atoms with Crippen LogP contribution in [0.4, 0.5) is 10.1 Å². The molecule has 1 N–H and O–H groups in total. The number of fused-ring (bicyclic) bond motifs is 1. The number of carbonyl (C=O) groups excluding carboxylic acids is 1. The lowest BCUT2D eigenvalue weighted by atomic mass is 10.1. The van der Waals surface area contributed by atoms with Gasteiger partial charge in [0.2, 0.25) is 5.91 Å². The van der Waals surface area contributed by atoms with Crippen molar-refractivity contribution in [2.24, 2.45) is 0 Å². The number of nitrogens with zero attached hydrogens (tertiary/aromatic N) is 4. The van der Waals surface area contributed by atoms with Gasteiger partial charge < -0.3 is 5.32 Å². The summed E-state index contributed by atoms with van der Waals surface area (Å²) in [5.41, 5.74) is 3.27. The molecule has 0 aliphatic carbocycles. The number of rotatable bonds is 5. The molecule has 0 aliphatic heterocycles. The number of anilines is 1. The molecule has 1 amide bonds. The normalized spacial score (nSPS) is 11.0. The molecule has 0 atom stereocenters. The van der Waals surface area contributed by atoms with Gasteiger partial charge in [-0.3, -0.25) is 4.79 Å². The second-order valence-electron chi connectivity index (χ2n) is 6.58. The van der Waals surface area contributed by atoms with Gasteiger partial charge in [-0.1, -0.05) is 23.9 Å². The number of benzene rings is 2. The van der Waals surface area contributed by atoms with Gasteiger partial charge in [0.15, 0.2) is 0 Å². The van der Waals surface area contributed by atoms with E-state index in [-0.39, 0.29) is 18.1 Å². The number of amides is 1. The minimum atomic E-state index is -0.347. The molecule has 0 spiro atoms. The summed E-state index contributed by atoms with van der Waals surface area (Å²) >= 11 is 1.56. The maximum absolute atomic E-state index is 13.2. The average Bonchev–Trinajstić information content (AvgIpc) is 3.14. The Morgan fingerprint density at radius 1 is 1.17 bits per heavy atom. The Kier molecular flexibility index (Phi) is 5.26. The van der Waals surface area contributed by atoms with E-state index in [2.05, 4.69) is 20.4 Å². The third-order valence-corrected chi connectivity index (χ3v) is 5.64. The molecule has 0 fully saturated rings. The van der Waals surface area contributed by atoms with E-state index in [9.17, 15) is 9.18 Å². The van der Waals surface area contributed by atoms with Crippen LogP contribution in [0.25, 0.3) is 5.78 Å². The van der Waals surface area contributed by atoms with Crippen LogP contribution in [-0.2, 0) is 11.2 Å². The maximum Gasteiger partial charge on any atom is 0.253 e. The lowest BCUT2D eigenvalue weighted by Crippen LogP contribution is -2.14. The van der Waals surface area contributed by atoms with Gasteiger partial charge in [0.1, 0.15) is 17.2 Å². The van der Waals surface area contributed by atoms with Crippen molar-refractivity contribution in [2.45, 2.75) is 30.2 Å². The molecule has 2 heterocycles. The lowest BCUT2D eigenvalue weighted by Gasteiger charge is -2.10. The van der Waals surface area contributed by atoms with Gasteiger partial charge in [-0.25, -0.2) is 9.37 Å². The molecule has 146 valence electrons. The summed E-state index contributed by atoms with van der Waals surface area (Å²) in [6.45, 7) is 3.96. The first-order valence-electron chi connectivity index (χ1n) is 8.99. The van der Waals surface area contributed by atoms with Crippen LogP contribution in [0.15, 0.2) is 64.8 Å². The van der Waals surface area contributed by atoms with Crippen molar-refractivity contribution in [1.29, 1.82) is 0 Å². The molecule has 0 saturated heterocycles. The third-order valence-electron chi connectivity index (χ3n) is 4.46. The Hall–Kier alpha value is -3.26. The van der Waals surface area contributed by atoms with Crippen molar-refractivity contribution in [3.05, 3.63) is 77.5 Å². The summed E-state index contributed by atoms with van der Waals surface area (Å²) in [7, 11) is 0. The first kappa shape index (κ1) is 19.1. The zero-order valence-electron chi connectivity index (χ0n) is 15.9. The van der Waals surface area contributed by atoms with Crippen LogP contribution in [0, 0.1) is 19.7 Å². The molecule has 4 aromatic rings. The smallest absolute Gasteiger partial charge is 0.253 e. The van der Waals surface area contributed by atoms with Gasteiger partial charge in [0.25, 0.3) is 5.78 Å². The zero-order valence-corrected chi connectivity index (χ0v) is 16.7. The van der Waals surface area contributed by atoms with Crippen molar-refractivity contribution >= 4 is 29.1 Å². The van der Waals surface area contributed by atoms with E-state index < -0.39 is 0 Å². The van der Waals surface area contributed by atoms with Gasteiger partial charge >= 0.3 is 0 Å². The van der Waals surface area contributed by atoms with E-state index >= 15 is 0 Å². The second-order valence-corrected chi connectivity index (χ2v) is 7.64. The Bertz CT molecular complexity index is 1190. The highest BCUT2D eigenvalue weighted by Crippen LogP contribution is 2.31. The quantitative estimate of drug-likeness (QED) is 0.502. The van der Waals surface area contributed by atoms with E-state index in [4.69, 9.17) is 0 Å². The second kappa shape index (κ2) is 8.00. The highest BCUT2D eigenvalue weighted by Gasteiger charge is 2.13. The average molecular weight is 407 g/mol. The van der Waals surface area contributed by atoms with E-state index in [1.807, 2.05) is 38.1 Å². The lowest BCUT2D eigenvalue weighted by molar-refractivity contribution is -0.115. The SMILES string of the molecule is Cc1nc2ncnn2c(Sc2ccc(NC(=O)Cc3cccc(F)c3)cc2)c1C. The molecular weight excluding hydrogens is 389 g/mol. The highest BCUT2D eigenvalue weighted by molar-refractivity contribution is 7.99. The van der Waals surface area contributed by atoms with Crippen LogP contribution in [0.2, 0.25) is 0 Å². The van der Waals surface area contributed by atoms with Gasteiger partial charge in [0.05, 0.1) is 6.42 Å². The fraction of sp³-hybridized carbons (Fsp3) is 0.143. The summed E-state index contributed by atoms with van der Waals surface area (Å²) in [5, 5.41) is 8.05. The molecule has 8 heteroatoms. The minimum absolute atomic E-state index is 0.119. The minimum Gasteiger partial charge on any atom is -0.326 e. The van der Waals surface area contributed by atoms with Crippen LogP contribution >= 0.6 is 11.8 Å². The molecule has 2 aromatic carbocycles. The molecule has 0 unspecified atom stereocenters. The molecule has 2 aromatic heterocycles. The maximum atomic E-state index is 13.2. The van der Waals surface area contributed by atoms with Crippen LogP contribution in [-0.4, -0.2) is 25.5 Å². The van der Waals surface area contributed by atoms with Crippen molar-refractivity contribution in [3.8, 4) is 0 Å². The number of hydrogen-bond donors (Lipinski definition) is 1. The molecule has 4 rings (SSSR count). The first-order valence-corrected chi connectivity index (χ1v) is 9.80. The Morgan fingerprint density at radius 3 is 2.72 bits per heavy atom. The molecular formula is C21H18FN5OS. The molecule has 0 saturated carbocycles. The number of aryl methyl sites for hydroxylation is 1. The predicted molar refractivity (Wildman–Crippen MR) is 110 cm³/mol. The van der Waals surface area contributed by atoms with E-state index in [1.54, 1.807) is 28.4 Å². The summed E-state index contributed by atoms with van der Waals surface area (Å²) in [4.78, 5) is 21.8. The Labute approximate surface area is 171 Å². The van der Waals surface area contributed by atoms with E-state index in [0.29, 0.717) is 17.0 Å². The number of halogens is 1. The predicted octanol–water partition coefficient (Wildman–Crippen LogP) is 4.21. The van der Waals surface area contributed by atoms with Crippen molar-refractivity contribution in [2.75, 3.05) is 5.32 Å². The number of hydrogen-bond acceptors (Lipinski definition) is 5. The van der Waals surface area contributed by atoms with Crippen molar-refractivity contribution in [3.63, 3.8) is 0 Å². The van der Waals surface area contributed by atoms with Crippen LogP contribution in [0.3, 0.4) is 0 Å². The topological polar surface area (TPSA) is 72.2 Å². The van der Waals surface area contributed by atoms with Gasteiger partial charge in [-0.2, -0.15) is 14.6 Å². The first-order chi connectivity index (χ1) is 14.0. The van der Waals surface area contributed by atoms with Crippen LogP contribution in [0.1, 0.15) is 16.8 Å². The summed E-state index contributed by atoms with van der Waals surface area (Å²) in [5.74, 6) is 0.0255. The largest absolute Gasteiger partial charge is 0.326 e. The standard InChI is InChI=1S/C21H18FN5OS/c1-13-14(2)25-21-23-12-24-27(21)20(13)29-18-8-6-17(7-9-18)26-19(28)11-15-4-3-5-16(22)10-15/h3-10,12H,11H2,1-2H3,(H,26,28). The molecule has 6 nitrogen and oxygen atoms in total. The summed E-state index contributed by atoms with van der Waals surface area (Å²) in [6.07, 6.45) is 1.61.